The first-order valence-electron chi connectivity index (χ1n) is 8.30. The standard InChI is InChI=1S/C19H22FN3O4S2/c1-13(28-9-8-21)23-29(24,25)19-7-5-15(10-17(19)20)22-12-14-4-6-16(26-2)11-18(14)27-3/h4-11,22-23H,1,12,21H2,2-3H3/b9-8-. The Morgan fingerprint density at radius 3 is 2.62 bits per heavy atom. The molecule has 0 aliphatic rings. The molecule has 2 aromatic carbocycles. The van der Waals surface area contributed by atoms with Gasteiger partial charge in [0.2, 0.25) is 0 Å². The summed E-state index contributed by atoms with van der Waals surface area (Å²) < 4.78 is 51.8. The average Bonchev–Trinajstić information content (AvgIpc) is 2.70. The van der Waals surface area contributed by atoms with Gasteiger partial charge >= 0.3 is 0 Å². The number of hydrogen-bond donors (Lipinski definition) is 3. The van der Waals surface area contributed by atoms with Crippen molar-refractivity contribution in [2.24, 2.45) is 5.73 Å². The molecule has 0 bridgehead atoms. The SMILES string of the molecule is C=C(NS(=O)(=O)c1ccc(NCc2ccc(OC)cc2OC)cc1F)S/C=C\N. The molecule has 156 valence electrons. The van der Waals surface area contributed by atoms with Crippen LogP contribution in [-0.4, -0.2) is 22.6 Å². The maximum absolute atomic E-state index is 14.4. The van der Waals surface area contributed by atoms with Crippen LogP contribution in [0.5, 0.6) is 11.5 Å². The van der Waals surface area contributed by atoms with E-state index in [0.29, 0.717) is 23.7 Å². The zero-order valence-corrected chi connectivity index (χ0v) is 17.6. The van der Waals surface area contributed by atoms with Crippen molar-refractivity contribution in [1.29, 1.82) is 0 Å². The number of thioether (sulfide) groups is 1. The summed E-state index contributed by atoms with van der Waals surface area (Å²) >= 11 is 0.973. The van der Waals surface area contributed by atoms with Gasteiger partial charge in [-0.1, -0.05) is 18.3 Å². The predicted octanol–water partition coefficient (Wildman–Crippen LogP) is 3.37. The second-order valence-electron chi connectivity index (χ2n) is 5.65. The average molecular weight is 440 g/mol. The van der Waals surface area contributed by atoms with E-state index in [1.54, 1.807) is 26.4 Å². The molecule has 2 aromatic rings. The van der Waals surface area contributed by atoms with Crippen LogP contribution in [0.4, 0.5) is 10.1 Å². The van der Waals surface area contributed by atoms with Crippen molar-refractivity contribution in [2.45, 2.75) is 11.4 Å². The van der Waals surface area contributed by atoms with Crippen molar-refractivity contribution >= 4 is 27.5 Å². The summed E-state index contributed by atoms with van der Waals surface area (Å²) in [7, 11) is -1.00. The van der Waals surface area contributed by atoms with Gasteiger partial charge in [0.05, 0.1) is 19.2 Å². The highest BCUT2D eigenvalue weighted by molar-refractivity contribution is 8.06. The summed E-state index contributed by atoms with van der Waals surface area (Å²) in [4.78, 5) is -0.483. The summed E-state index contributed by atoms with van der Waals surface area (Å²) in [6.45, 7) is 3.90. The first-order valence-corrected chi connectivity index (χ1v) is 10.7. The number of rotatable bonds is 10. The third kappa shape index (κ3) is 6.06. The first kappa shape index (κ1) is 22.4. The van der Waals surface area contributed by atoms with Crippen molar-refractivity contribution in [3.63, 3.8) is 0 Å². The zero-order chi connectivity index (χ0) is 21.4. The quantitative estimate of drug-likeness (QED) is 0.522. The molecule has 0 spiro atoms. The Morgan fingerprint density at radius 1 is 1.24 bits per heavy atom. The van der Waals surface area contributed by atoms with Crippen molar-refractivity contribution in [1.82, 2.24) is 4.72 Å². The molecule has 0 saturated carbocycles. The van der Waals surface area contributed by atoms with Gasteiger partial charge < -0.3 is 20.5 Å². The van der Waals surface area contributed by atoms with Crippen LogP contribution >= 0.6 is 11.8 Å². The molecule has 0 fully saturated rings. The van der Waals surface area contributed by atoms with E-state index in [1.807, 2.05) is 6.07 Å². The summed E-state index contributed by atoms with van der Waals surface area (Å²) in [6, 6.07) is 9.12. The molecule has 2 rings (SSSR count). The minimum Gasteiger partial charge on any atom is -0.497 e. The van der Waals surface area contributed by atoms with E-state index in [0.717, 1.165) is 23.4 Å². The lowest BCUT2D eigenvalue weighted by Gasteiger charge is -2.13. The van der Waals surface area contributed by atoms with E-state index in [4.69, 9.17) is 15.2 Å². The van der Waals surface area contributed by atoms with Gasteiger partial charge in [-0.25, -0.2) is 12.8 Å². The van der Waals surface area contributed by atoms with Crippen LogP contribution in [0.25, 0.3) is 0 Å². The zero-order valence-electron chi connectivity index (χ0n) is 15.9. The van der Waals surface area contributed by atoms with Crippen molar-refractivity contribution in [3.05, 3.63) is 71.0 Å². The molecule has 7 nitrogen and oxygen atoms in total. The number of halogens is 1. The molecular formula is C19H22FN3O4S2. The Labute approximate surface area is 173 Å². The molecular weight excluding hydrogens is 417 g/mol. The van der Waals surface area contributed by atoms with Gasteiger partial charge in [-0.3, -0.25) is 4.72 Å². The first-order chi connectivity index (χ1) is 13.8. The van der Waals surface area contributed by atoms with E-state index < -0.39 is 20.7 Å². The number of methoxy groups -OCH3 is 2. The molecule has 10 heteroatoms. The summed E-state index contributed by atoms with van der Waals surface area (Å²) in [5.41, 5.74) is 6.44. The number of benzene rings is 2. The largest absolute Gasteiger partial charge is 0.497 e. The third-order valence-electron chi connectivity index (χ3n) is 3.74. The Kier molecular flexibility index (Phi) is 7.80. The molecule has 0 aromatic heterocycles. The number of nitrogens with one attached hydrogen (secondary N) is 2. The molecule has 0 aliphatic heterocycles. The van der Waals surface area contributed by atoms with Gasteiger partial charge in [0.25, 0.3) is 10.0 Å². The summed E-state index contributed by atoms with van der Waals surface area (Å²) in [5, 5.41) is 4.58. The van der Waals surface area contributed by atoms with Crippen LogP contribution in [0.3, 0.4) is 0 Å². The highest BCUT2D eigenvalue weighted by atomic mass is 32.2. The fraction of sp³-hybridized carbons (Fsp3) is 0.158. The number of sulfonamides is 1. The van der Waals surface area contributed by atoms with Crippen LogP contribution in [0, 0.1) is 5.82 Å². The Balaban J connectivity index is 2.12. The number of nitrogens with two attached hydrogens (primary N) is 1. The molecule has 4 N–H and O–H groups in total. The van der Waals surface area contributed by atoms with Crippen LogP contribution in [0.2, 0.25) is 0 Å². The molecule has 0 radical (unpaired) electrons. The third-order valence-corrected chi connectivity index (χ3v) is 5.97. The maximum atomic E-state index is 14.4. The van der Waals surface area contributed by atoms with Crippen molar-refractivity contribution in [3.8, 4) is 11.5 Å². The van der Waals surface area contributed by atoms with Crippen molar-refractivity contribution in [2.75, 3.05) is 19.5 Å². The smallest absolute Gasteiger partial charge is 0.265 e. The van der Waals surface area contributed by atoms with Crippen LogP contribution < -0.4 is 25.2 Å². The minimum atomic E-state index is -4.10. The second-order valence-corrected chi connectivity index (χ2v) is 8.30. The monoisotopic (exact) mass is 439 g/mol. The fourth-order valence-electron chi connectivity index (χ4n) is 2.37. The van der Waals surface area contributed by atoms with E-state index in [9.17, 15) is 12.8 Å². The Bertz CT molecular complexity index is 1010. The highest BCUT2D eigenvalue weighted by Crippen LogP contribution is 2.26. The number of hydrogen-bond acceptors (Lipinski definition) is 7. The molecule has 29 heavy (non-hydrogen) atoms. The second kappa shape index (κ2) is 10.1. The highest BCUT2D eigenvalue weighted by Gasteiger charge is 2.20. The van der Waals surface area contributed by atoms with Gasteiger partial charge in [-0.2, -0.15) is 0 Å². The molecule has 0 heterocycles. The van der Waals surface area contributed by atoms with Gasteiger partial charge in [-0.15, -0.1) is 0 Å². The van der Waals surface area contributed by atoms with Gasteiger partial charge in [0, 0.05) is 30.1 Å². The predicted molar refractivity (Wildman–Crippen MR) is 114 cm³/mol. The Morgan fingerprint density at radius 2 is 2.00 bits per heavy atom. The normalized spacial score (nSPS) is 11.3. The van der Waals surface area contributed by atoms with E-state index >= 15 is 0 Å². The minimum absolute atomic E-state index is 0.0971. The number of anilines is 1. The van der Waals surface area contributed by atoms with Crippen molar-refractivity contribution < 1.29 is 22.3 Å². The molecule has 0 amide bonds. The van der Waals surface area contributed by atoms with Gasteiger partial charge in [0.1, 0.15) is 22.2 Å². The van der Waals surface area contributed by atoms with E-state index in [2.05, 4.69) is 16.6 Å². The summed E-state index contributed by atoms with van der Waals surface area (Å²) in [5.74, 6) is 0.375. The summed E-state index contributed by atoms with van der Waals surface area (Å²) in [6.07, 6.45) is 1.24. The van der Waals surface area contributed by atoms with E-state index in [1.165, 1.54) is 23.7 Å². The van der Waals surface area contributed by atoms with Crippen LogP contribution in [-0.2, 0) is 16.6 Å². The fourth-order valence-corrected chi connectivity index (χ4v) is 4.11. The maximum Gasteiger partial charge on any atom is 0.265 e. The Hall–Kier alpha value is -2.85. The lowest BCUT2D eigenvalue weighted by Crippen LogP contribution is -2.22. The lowest BCUT2D eigenvalue weighted by molar-refractivity contribution is 0.391. The molecule has 0 unspecified atom stereocenters. The molecule has 0 saturated heterocycles. The van der Waals surface area contributed by atoms with Gasteiger partial charge in [0.15, 0.2) is 0 Å². The molecule has 0 atom stereocenters. The van der Waals surface area contributed by atoms with Crippen LogP contribution in [0.1, 0.15) is 5.56 Å². The topological polar surface area (TPSA) is 103 Å². The van der Waals surface area contributed by atoms with Crippen LogP contribution in [0.15, 0.2) is 64.5 Å². The lowest BCUT2D eigenvalue weighted by atomic mass is 10.2. The van der Waals surface area contributed by atoms with Gasteiger partial charge in [-0.05, 0) is 35.7 Å². The molecule has 0 aliphatic carbocycles. The van der Waals surface area contributed by atoms with E-state index in [-0.39, 0.29) is 5.03 Å². The number of ether oxygens (including phenoxy) is 2.